The maximum atomic E-state index is 12.5. The molecule has 1 aromatic heterocycles. The maximum Gasteiger partial charge on any atom is 0.325 e. The van der Waals surface area contributed by atoms with Crippen molar-refractivity contribution in [2.45, 2.75) is 38.4 Å². The van der Waals surface area contributed by atoms with Crippen molar-refractivity contribution in [1.29, 1.82) is 0 Å². The van der Waals surface area contributed by atoms with E-state index >= 15 is 0 Å². The number of allylic oxidation sites excluding steroid dienone is 2. The number of unbranched alkanes of at least 4 members (excludes halogenated alkanes) is 2. The summed E-state index contributed by atoms with van der Waals surface area (Å²) in [5.41, 5.74) is 2.01. The van der Waals surface area contributed by atoms with Gasteiger partial charge in [0, 0.05) is 17.7 Å². The molecule has 154 valence electrons. The molecule has 8 heteroatoms. The van der Waals surface area contributed by atoms with Gasteiger partial charge in [-0.1, -0.05) is 55.4 Å². The van der Waals surface area contributed by atoms with Gasteiger partial charge < -0.3 is 5.32 Å². The van der Waals surface area contributed by atoms with Gasteiger partial charge in [0.25, 0.3) is 0 Å². The van der Waals surface area contributed by atoms with Gasteiger partial charge in [0.05, 0.1) is 15.2 Å². The third-order valence-corrected chi connectivity index (χ3v) is 7.87. The van der Waals surface area contributed by atoms with Gasteiger partial charge in [0.15, 0.2) is 10.9 Å². The lowest BCUT2D eigenvalue weighted by atomic mass is 10.0. The van der Waals surface area contributed by atoms with E-state index in [9.17, 15) is 9.59 Å². The number of ketones is 1. The number of urea groups is 1. The molecule has 0 saturated carbocycles. The Morgan fingerprint density at radius 3 is 2.66 bits per heavy atom. The molecule has 2 aromatic rings. The van der Waals surface area contributed by atoms with Crippen LogP contribution in [0.4, 0.5) is 15.6 Å². The number of benzene rings is 1. The summed E-state index contributed by atoms with van der Waals surface area (Å²) in [5, 5.41) is 10.5. The molecule has 0 saturated heterocycles. The van der Waals surface area contributed by atoms with Crippen molar-refractivity contribution in [2.75, 3.05) is 10.6 Å². The summed E-state index contributed by atoms with van der Waals surface area (Å²) in [4.78, 5) is 29.5. The lowest BCUT2D eigenvalue weighted by Crippen LogP contribution is -2.21. The number of amides is 2. The van der Waals surface area contributed by atoms with Crippen LogP contribution in [0.15, 0.2) is 51.0 Å². The molecule has 2 amide bonds. The van der Waals surface area contributed by atoms with Crippen LogP contribution < -0.4 is 10.6 Å². The van der Waals surface area contributed by atoms with Gasteiger partial charge in [-0.15, -0.1) is 0 Å². The highest BCUT2D eigenvalue weighted by Gasteiger charge is 2.16. The van der Waals surface area contributed by atoms with Crippen LogP contribution in [0.25, 0.3) is 0 Å². The lowest BCUT2D eigenvalue weighted by molar-refractivity contribution is 0.0980. The molecule has 0 spiro atoms. The van der Waals surface area contributed by atoms with Crippen LogP contribution >= 0.6 is 38.2 Å². The van der Waals surface area contributed by atoms with E-state index in [4.69, 9.17) is 0 Å². The summed E-state index contributed by atoms with van der Waals surface area (Å²) in [6.45, 7) is 2.11. The molecular formula is C21H24BrN3O2S2. The Bertz CT molecular complexity index is 928. The van der Waals surface area contributed by atoms with Gasteiger partial charge in [0.1, 0.15) is 0 Å². The molecule has 0 fully saturated rings. The first-order valence-electron chi connectivity index (χ1n) is 9.53. The molecule has 5 nitrogen and oxygen atoms in total. The van der Waals surface area contributed by atoms with E-state index in [1.807, 2.05) is 6.07 Å². The second-order valence-electron chi connectivity index (χ2n) is 6.60. The molecule has 0 aliphatic carbocycles. The van der Waals surface area contributed by atoms with Crippen LogP contribution in [0, 0.1) is 0 Å². The first kappa shape index (κ1) is 21.8. The molecule has 29 heavy (non-hydrogen) atoms. The maximum absolute atomic E-state index is 12.5. The fourth-order valence-electron chi connectivity index (χ4n) is 2.89. The van der Waals surface area contributed by atoms with Crippen LogP contribution in [0.3, 0.4) is 0 Å². The molecule has 0 unspecified atom stereocenters. The highest BCUT2D eigenvalue weighted by atomic mass is 79.9. The van der Waals surface area contributed by atoms with E-state index in [1.54, 1.807) is 18.2 Å². The Morgan fingerprint density at radius 2 is 1.90 bits per heavy atom. The highest BCUT2D eigenvalue weighted by Crippen LogP contribution is 2.40. The zero-order valence-electron chi connectivity index (χ0n) is 16.2. The summed E-state index contributed by atoms with van der Waals surface area (Å²) in [5.74, 6) is 0.895. The SMILES string of the molecule is CCCCCC(=O)c1ccccc1NC(=O)Nc1nc(C[SH]2C=CC=C2)c(Br)s1. The number of anilines is 2. The summed E-state index contributed by atoms with van der Waals surface area (Å²) in [7, 11) is -0.316. The van der Waals surface area contributed by atoms with Crippen molar-refractivity contribution in [3.8, 4) is 0 Å². The molecular weight excluding hydrogens is 470 g/mol. The van der Waals surface area contributed by atoms with Gasteiger partial charge in [-0.25, -0.2) is 20.7 Å². The standard InChI is InChI=1S/C21H24BrN3O2S2/c1-2-3-4-11-18(26)15-9-5-6-10-16(15)23-20(27)25-21-24-17(19(22)28-21)14-29-12-7-8-13-29/h5-10,12-13,29H,2-4,11,14H2,1H3,(H2,23,24,25,27). The van der Waals surface area contributed by atoms with E-state index in [2.05, 4.69) is 61.4 Å². The van der Waals surface area contributed by atoms with Crippen molar-refractivity contribution in [2.24, 2.45) is 0 Å². The van der Waals surface area contributed by atoms with E-state index < -0.39 is 6.03 Å². The number of nitrogens with one attached hydrogen (secondary N) is 2. The molecule has 0 bridgehead atoms. The molecule has 1 aliphatic heterocycles. The zero-order valence-corrected chi connectivity index (χ0v) is 19.4. The number of carbonyl (C=O) groups excluding carboxylic acids is 2. The van der Waals surface area contributed by atoms with Crippen molar-refractivity contribution < 1.29 is 9.59 Å². The third-order valence-electron chi connectivity index (χ3n) is 4.35. The molecule has 2 heterocycles. The molecule has 2 N–H and O–H groups in total. The minimum absolute atomic E-state index is 0.0496. The van der Waals surface area contributed by atoms with Gasteiger partial charge in [-0.05, 0) is 45.3 Å². The number of aromatic nitrogens is 1. The van der Waals surface area contributed by atoms with E-state index in [1.165, 1.54) is 11.3 Å². The summed E-state index contributed by atoms with van der Waals surface area (Å²) in [6.07, 6.45) is 7.55. The number of halogens is 1. The first-order valence-corrected chi connectivity index (χ1v) is 12.8. The van der Waals surface area contributed by atoms with Gasteiger partial charge in [0.2, 0.25) is 0 Å². The Morgan fingerprint density at radius 1 is 1.14 bits per heavy atom. The quantitative estimate of drug-likeness (QED) is 0.203. The smallest absolute Gasteiger partial charge is 0.307 e. The Hall–Kier alpha value is -1.90. The number of carbonyl (C=O) groups is 2. The fourth-order valence-corrected chi connectivity index (χ4v) is 6.13. The minimum Gasteiger partial charge on any atom is -0.307 e. The van der Waals surface area contributed by atoms with E-state index in [-0.39, 0.29) is 16.7 Å². The Labute approximate surface area is 186 Å². The van der Waals surface area contributed by atoms with E-state index in [0.717, 1.165) is 34.5 Å². The monoisotopic (exact) mass is 493 g/mol. The minimum atomic E-state index is -0.405. The normalized spacial score (nSPS) is 13.7. The molecule has 1 aliphatic rings. The first-order chi connectivity index (χ1) is 14.1. The van der Waals surface area contributed by atoms with Crippen LogP contribution in [0.1, 0.15) is 48.7 Å². The van der Waals surface area contributed by atoms with E-state index in [0.29, 0.717) is 22.8 Å². The lowest BCUT2D eigenvalue weighted by Gasteiger charge is -2.10. The largest absolute Gasteiger partial charge is 0.325 e. The van der Waals surface area contributed by atoms with Gasteiger partial charge >= 0.3 is 6.03 Å². The number of hydrogen-bond acceptors (Lipinski definition) is 4. The molecule has 1 aromatic carbocycles. The van der Waals surface area contributed by atoms with Crippen molar-refractivity contribution >= 4 is 60.8 Å². The number of thiazole rings is 1. The summed E-state index contributed by atoms with van der Waals surface area (Å²) >= 11 is 4.93. The third kappa shape index (κ3) is 6.29. The average Bonchev–Trinajstić information content (AvgIpc) is 3.32. The Balaban J connectivity index is 1.62. The molecule has 3 rings (SSSR count). The second kappa shape index (κ2) is 10.8. The predicted octanol–water partition coefficient (Wildman–Crippen LogP) is 6.85. The predicted molar refractivity (Wildman–Crippen MR) is 128 cm³/mol. The second-order valence-corrected chi connectivity index (χ2v) is 10.9. The number of thiol groups is 1. The number of rotatable bonds is 9. The number of para-hydroxylation sites is 1. The molecule has 0 atom stereocenters. The topological polar surface area (TPSA) is 71.1 Å². The Kier molecular flexibility index (Phi) is 8.09. The average molecular weight is 494 g/mol. The van der Waals surface area contributed by atoms with Gasteiger partial charge in [-0.2, -0.15) is 0 Å². The molecule has 0 radical (unpaired) electrons. The summed E-state index contributed by atoms with van der Waals surface area (Å²) in [6, 6.07) is 6.72. The van der Waals surface area contributed by atoms with Crippen molar-refractivity contribution in [3.63, 3.8) is 0 Å². The van der Waals surface area contributed by atoms with Crippen molar-refractivity contribution in [3.05, 3.63) is 62.3 Å². The highest BCUT2D eigenvalue weighted by molar-refractivity contribution is 9.11. The zero-order chi connectivity index (χ0) is 20.6. The van der Waals surface area contributed by atoms with Crippen LogP contribution in [0.5, 0.6) is 0 Å². The number of Topliss-reactive ketones (excluding diaryl/α,β-unsaturated/α-hetero) is 1. The van der Waals surface area contributed by atoms with Gasteiger partial charge in [-0.3, -0.25) is 10.1 Å². The van der Waals surface area contributed by atoms with Crippen LogP contribution in [-0.2, 0) is 5.75 Å². The summed E-state index contributed by atoms with van der Waals surface area (Å²) < 4.78 is 0.926. The number of hydrogen-bond donors (Lipinski definition) is 3. The number of nitrogens with zero attached hydrogens (tertiary/aromatic N) is 1. The van der Waals surface area contributed by atoms with Crippen LogP contribution in [0.2, 0.25) is 0 Å². The van der Waals surface area contributed by atoms with Crippen LogP contribution in [-0.4, -0.2) is 16.8 Å². The van der Waals surface area contributed by atoms with Crippen molar-refractivity contribution in [1.82, 2.24) is 4.98 Å². The fraction of sp³-hybridized carbons (Fsp3) is 0.286.